The summed E-state index contributed by atoms with van der Waals surface area (Å²) in [4.78, 5) is 0. The average Bonchev–Trinajstić information content (AvgIpc) is 2.39. The summed E-state index contributed by atoms with van der Waals surface area (Å²) in [5.74, 6) is 0.832. The van der Waals surface area contributed by atoms with Crippen LogP contribution < -0.4 is 10.1 Å². The molecule has 2 rings (SSSR count). The van der Waals surface area contributed by atoms with E-state index in [-0.39, 0.29) is 0 Å². The minimum absolute atomic E-state index is 0.653. The highest BCUT2D eigenvalue weighted by molar-refractivity contribution is 9.11. The lowest BCUT2D eigenvalue weighted by Gasteiger charge is -2.13. The standard InChI is InChI=1S/C15H14Br2ClNO/c1-9-3-4-12(7-14(9)18)19-8-10-5-11(16)6-13(17)15(10)20-2/h3-7,19H,8H2,1-2H3. The molecule has 0 saturated carbocycles. The van der Waals surface area contributed by atoms with E-state index in [9.17, 15) is 0 Å². The Labute approximate surface area is 140 Å². The zero-order chi connectivity index (χ0) is 14.7. The quantitative estimate of drug-likeness (QED) is 0.677. The molecule has 20 heavy (non-hydrogen) atoms. The fourth-order valence-electron chi connectivity index (χ4n) is 1.87. The second-order valence-corrected chi connectivity index (χ2v) is 6.57. The van der Waals surface area contributed by atoms with E-state index in [1.54, 1.807) is 7.11 Å². The van der Waals surface area contributed by atoms with Crippen LogP contribution in [-0.4, -0.2) is 7.11 Å². The highest BCUT2D eigenvalue weighted by Gasteiger charge is 2.09. The molecule has 0 aromatic heterocycles. The zero-order valence-electron chi connectivity index (χ0n) is 11.1. The second kappa shape index (κ2) is 6.83. The van der Waals surface area contributed by atoms with Gasteiger partial charge in [-0.1, -0.05) is 33.6 Å². The maximum Gasteiger partial charge on any atom is 0.138 e. The van der Waals surface area contributed by atoms with Gasteiger partial charge in [-0.2, -0.15) is 0 Å². The first kappa shape index (κ1) is 15.7. The number of hydrogen-bond acceptors (Lipinski definition) is 2. The van der Waals surface area contributed by atoms with Gasteiger partial charge in [0.25, 0.3) is 0 Å². The van der Waals surface area contributed by atoms with Gasteiger partial charge in [0.05, 0.1) is 11.6 Å². The Balaban J connectivity index is 2.20. The van der Waals surface area contributed by atoms with Gasteiger partial charge < -0.3 is 10.1 Å². The summed E-state index contributed by atoms with van der Waals surface area (Å²) in [7, 11) is 1.67. The number of nitrogens with one attached hydrogen (secondary N) is 1. The van der Waals surface area contributed by atoms with Crippen LogP contribution in [0.15, 0.2) is 39.3 Å². The Kier molecular flexibility index (Phi) is 5.35. The van der Waals surface area contributed by atoms with Gasteiger partial charge in [-0.15, -0.1) is 0 Å². The van der Waals surface area contributed by atoms with E-state index in [1.165, 1.54) is 0 Å². The third-order valence-electron chi connectivity index (χ3n) is 2.94. The molecule has 2 aromatic carbocycles. The van der Waals surface area contributed by atoms with Gasteiger partial charge in [-0.05, 0) is 52.7 Å². The van der Waals surface area contributed by atoms with E-state index in [1.807, 2.05) is 37.3 Å². The van der Waals surface area contributed by atoms with Crippen molar-refractivity contribution < 1.29 is 4.74 Å². The first-order chi connectivity index (χ1) is 9.51. The second-order valence-electron chi connectivity index (χ2n) is 4.40. The summed E-state index contributed by atoms with van der Waals surface area (Å²) in [5, 5.41) is 4.11. The average molecular weight is 420 g/mol. The molecule has 5 heteroatoms. The molecule has 0 radical (unpaired) electrons. The number of rotatable bonds is 4. The highest BCUT2D eigenvalue weighted by atomic mass is 79.9. The molecule has 0 heterocycles. The van der Waals surface area contributed by atoms with E-state index in [0.717, 1.165) is 36.5 Å². The van der Waals surface area contributed by atoms with E-state index in [4.69, 9.17) is 16.3 Å². The first-order valence-electron chi connectivity index (χ1n) is 6.03. The van der Waals surface area contributed by atoms with Gasteiger partial charge in [0.15, 0.2) is 0 Å². The predicted molar refractivity (Wildman–Crippen MR) is 91.9 cm³/mol. The van der Waals surface area contributed by atoms with Crippen LogP contribution in [-0.2, 0) is 6.54 Å². The van der Waals surface area contributed by atoms with Crippen LogP contribution in [0.4, 0.5) is 5.69 Å². The topological polar surface area (TPSA) is 21.3 Å². The van der Waals surface area contributed by atoms with Crippen LogP contribution in [0.3, 0.4) is 0 Å². The molecule has 2 aromatic rings. The fraction of sp³-hybridized carbons (Fsp3) is 0.200. The molecule has 0 spiro atoms. The molecule has 0 aliphatic rings. The fourth-order valence-corrected chi connectivity index (χ4v) is 3.53. The van der Waals surface area contributed by atoms with Gasteiger partial charge in [0.2, 0.25) is 0 Å². The molecule has 0 atom stereocenters. The summed E-state index contributed by atoms with van der Waals surface area (Å²) >= 11 is 13.1. The highest BCUT2D eigenvalue weighted by Crippen LogP contribution is 2.33. The molecule has 0 amide bonds. The minimum atomic E-state index is 0.653. The van der Waals surface area contributed by atoms with Gasteiger partial charge >= 0.3 is 0 Å². The molecule has 0 unspecified atom stereocenters. The summed E-state index contributed by atoms with van der Waals surface area (Å²) in [6.07, 6.45) is 0. The minimum Gasteiger partial charge on any atom is -0.495 e. The van der Waals surface area contributed by atoms with Crippen LogP contribution in [0.5, 0.6) is 5.75 Å². The number of benzene rings is 2. The van der Waals surface area contributed by atoms with E-state index in [2.05, 4.69) is 37.2 Å². The van der Waals surface area contributed by atoms with Crippen molar-refractivity contribution in [2.75, 3.05) is 12.4 Å². The number of halogens is 3. The Morgan fingerprint density at radius 1 is 1.20 bits per heavy atom. The molecular formula is C15H14Br2ClNO. The zero-order valence-corrected chi connectivity index (χ0v) is 15.1. The Morgan fingerprint density at radius 2 is 1.95 bits per heavy atom. The lowest BCUT2D eigenvalue weighted by Crippen LogP contribution is -2.02. The molecule has 2 nitrogen and oxygen atoms in total. The predicted octanol–water partition coefficient (Wildman–Crippen LogP) is 5.79. The van der Waals surface area contributed by atoms with Gasteiger partial charge in [0.1, 0.15) is 5.75 Å². The summed E-state index contributed by atoms with van der Waals surface area (Å²) in [5.41, 5.74) is 3.11. The van der Waals surface area contributed by atoms with E-state index >= 15 is 0 Å². The number of ether oxygens (including phenoxy) is 1. The van der Waals surface area contributed by atoms with Gasteiger partial charge in [-0.3, -0.25) is 0 Å². The van der Waals surface area contributed by atoms with Crippen LogP contribution in [0.25, 0.3) is 0 Å². The summed E-state index contributed by atoms with van der Waals surface area (Å²) < 4.78 is 7.36. The maximum absolute atomic E-state index is 6.12. The summed E-state index contributed by atoms with van der Waals surface area (Å²) in [6, 6.07) is 9.94. The molecule has 1 N–H and O–H groups in total. The number of hydrogen-bond donors (Lipinski definition) is 1. The monoisotopic (exact) mass is 417 g/mol. The van der Waals surface area contributed by atoms with Crippen molar-refractivity contribution >= 4 is 49.1 Å². The third kappa shape index (κ3) is 3.68. The number of aryl methyl sites for hydroxylation is 1. The molecule has 0 saturated heterocycles. The SMILES string of the molecule is COc1c(Br)cc(Br)cc1CNc1ccc(C)c(Cl)c1. The molecular weight excluding hydrogens is 405 g/mol. The Morgan fingerprint density at radius 3 is 2.60 bits per heavy atom. The van der Waals surface area contributed by atoms with E-state index in [0.29, 0.717) is 6.54 Å². The van der Waals surface area contributed by atoms with Crippen LogP contribution in [0.1, 0.15) is 11.1 Å². The van der Waals surface area contributed by atoms with Gasteiger partial charge in [0, 0.05) is 27.3 Å². The van der Waals surface area contributed by atoms with Crippen molar-refractivity contribution in [3.05, 3.63) is 55.4 Å². The molecule has 0 fully saturated rings. The van der Waals surface area contributed by atoms with Crippen molar-refractivity contribution in [1.82, 2.24) is 0 Å². The Hall–Kier alpha value is -0.710. The van der Waals surface area contributed by atoms with Crippen LogP contribution >= 0.6 is 43.5 Å². The molecule has 0 aliphatic carbocycles. The lowest BCUT2D eigenvalue weighted by atomic mass is 10.2. The molecule has 106 valence electrons. The van der Waals surface area contributed by atoms with E-state index < -0.39 is 0 Å². The lowest BCUT2D eigenvalue weighted by molar-refractivity contribution is 0.407. The van der Waals surface area contributed by atoms with Crippen molar-refractivity contribution in [2.45, 2.75) is 13.5 Å². The van der Waals surface area contributed by atoms with Gasteiger partial charge in [-0.25, -0.2) is 0 Å². The van der Waals surface area contributed by atoms with Crippen molar-refractivity contribution in [3.63, 3.8) is 0 Å². The van der Waals surface area contributed by atoms with Crippen LogP contribution in [0.2, 0.25) is 5.02 Å². The number of anilines is 1. The Bertz CT molecular complexity index is 632. The largest absolute Gasteiger partial charge is 0.495 e. The molecule has 0 bridgehead atoms. The third-order valence-corrected chi connectivity index (χ3v) is 4.40. The molecule has 0 aliphatic heterocycles. The van der Waals surface area contributed by atoms with Crippen molar-refractivity contribution in [2.24, 2.45) is 0 Å². The van der Waals surface area contributed by atoms with Crippen molar-refractivity contribution in [3.8, 4) is 5.75 Å². The maximum atomic E-state index is 6.12. The summed E-state index contributed by atoms with van der Waals surface area (Å²) in [6.45, 7) is 2.64. The number of methoxy groups -OCH3 is 1. The normalized spacial score (nSPS) is 10.4. The smallest absolute Gasteiger partial charge is 0.138 e. The van der Waals surface area contributed by atoms with Crippen molar-refractivity contribution in [1.29, 1.82) is 0 Å². The first-order valence-corrected chi connectivity index (χ1v) is 7.99. The van der Waals surface area contributed by atoms with Crippen LogP contribution in [0, 0.1) is 6.92 Å².